The molecule has 6 nitrogen and oxygen atoms in total. The van der Waals surface area contributed by atoms with E-state index in [1.165, 1.54) is 39.3 Å². The summed E-state index contributed by atoms with van der Waals surface area (Å²) >= 11 is 1.86. The average Bonchev–Trinajstić information content (AvgIpc) is 3.44. The second-order valence-corrected chi connectivity index (χ2v) is 9.53. The average molecular weight is 462 g/mol. The van der Waals surface area contributed by atoms with Crippen LogP contribution in [0.15, 0.2) is 54.7 Å². The van der Waals surface area contributed by atoms with Gasteiger partial charge in [-0.3, -0.25) is 4.68 Å². The number of nitrogens with zero attached hydrogens (tertiary/aromatic N) is 5. The molecule has 0 aliphatic rings. The number of anilines is 1. The van der Waals surface area contributed by atoms with Gasteiger partial charge in [-0.2, -0.15) is 4.57 Å². The third-order valence-electron chi connectivity index (χ3n) is 5.78. The smallest absolute Gasteiger partial charge is 0.262 e. The summed E-state index contributed by atoms with van der Waals surface area (Å²) in [5.74, 6) is 0. The number of benzene rings is 2. The van der Waals surface area contributed by atoms with Crippen molar-refractivity contribution in [2.24, 2.45) is 5.73 Å². The zero-order valence-electron chi connectivity index (χ0n) is 19.5. The molecule has 0 atom stereocenters. The fourth-order valence-corrected chi connectivity index (χ4v) is 4.99. The van der Waals surface area contributed by atoms with Gasteiger partial charge in [0.2, 0.25) is 5.52 Å². The second-order valence-electron chi connectivity index (χ2n) is 8.47. The molecule has 0 saturated carbocycles. The van der Waals surface area contributed by atoms with Crippen LogP contribution in [-0.2, 0) is 19.6 Å². The summed E-state index contributed by atoms with van der Waals surface area (Å²) in [6, 6.07) is 17.4. The summed E-state index contributed by atoms with van der Waals surface area (Å²) in [4.78, 5) is 2.12. The van der Waals surface area contributed by atoms with Gasteiger partial charge in [-0.1, -0.05) is 47.2 Å². The Morgan fingerprint density at radius 1 is 1.00 bits per heavy atom. The van der Waals surface area contributed by atoms with E-state index in [1.807, 2.05) is 22.2 Å². The highest BCUT2D eigenvalue weighted by molar-refractivity contribution is 7.18. The minimum absolute atomic E-state index is 0.448. The first kappa shape index (κ1) is 23.1. The zero-order chi connectivity index (χ0) is 23.0. The van der Waals surface area contributed by atoms with E-state index in [0.29, 0.717) is 6.54 Å². The van der Waals surface area contributed by atoms with Crippen molar-refractivity contribution in [2.45, 2.75) is 45.3 Å². The summed E-state index contributed by atoms with van der Waals surface area (Å²) in [7, 11) is 4.13. The Bertz CT molecular complexity index is 1190. The van der Waals surface area contributed by atoms with E-state index in [-0.39, 0.29) is 0 Å². The highest BCUT2D eigenvalue weighted by Crippen LogP contribution is 2.23. The predicted molar refractivity (Wildman–Crippen MR) is 138 cm³/mol. The number of hydrogen-bond acceptors (Lipinski definition) is 5. The zero-order valence-corrected chi connectivity index (χ0v) is 20.3. The molecule has 2 aromatic carbocycles. The second kappa shape index (κ2) is 11.2. The van der Waals surface area contributed by atoms with Crippen molar-refractivity contribution in [3.8, 4) is 0 Å². The largest absolute Gasteiger partial charge is 0.378 e. The van der Waals surface area contributed by atoms with Crippen LogP contribution in [0.25, 0.3) is 22.4 Å². The van der Waals surface area contributed by atoms with Crippen LogP contribution in [-0.4, -0.2) is 29.1 Å². The molecular formula is C26H33N6S+. The molecule has 0 amide bonds. The van der Waals surface area contributed by atoms with E-state index in [0.717, 1.165) is 31.6 Å². The lowest BCUT2D eigenvalue weighted by atomic mass is 10.2. The number of fused-ring (bicyclic) bond motifs is 1. The topological polar surface area (TPSA) is 63.9 Å². The Morgan fingerprint density at radius 3 is 2.55 bits per heavy atom. The van der Waals surface area contributed by atoms with Crippen LogP contribution in [0.1, 0.15) is 41.9 Å². The third-order valence-corrected chi connectivity index (χ3v) is 6.91. The molecule has 0 aliphatic carbocycles. The van der Waals surface area contributed by atoms with Gasteiger partial charge in [0.05, 0.1) is 5.69 Å². The van der Waals surface area contributed by atoms with Crippen molar-refractivity contribution in [1.82, 2.24) is 15.0 Å². The fraction of sp³-hybridized carbons (Fsp3) is 0.346. The van der Waals surface area contributed by atoms with E-state index in [9.17, 15) is 0 Å². The minimum Gasteiger partial charge on any atom is -0.378 e. The third kappa shape index (κ3) is 6.06. The molecule has 4 rings (SSSR count). The van der Waals surface area contributed by atoms with Gasteiger partial charge in [0.15, 0.2) is 6.54 Å². The quantitative estimate of drug-likeness (QED) is 0.259. The Morgan fingerprint density at radius 2 is 1.79 bits per heavy atom. The lowest BCUT2D eigenvalue weighted by molar-refractivity contribution is -0.669. The molecule has 172 valence electrons. The molecule has 0 spiro atoms. The van der Waals surface area contributed by atoms with Crippen molar-refractivity contribution in [3.63, 3.8) is 0 Å². The molecule has 7 heteroatoms. The van der Waals surface area contributed by atoms with Crippen LogP contribution in [0.4, 0.5) is 5.69 Å². The maximum atomic E-state index is 5.60. The Kier molecular flexibility index (Phi) is 7.86. The SMILES string of the molecule is CN(C)c1ccc(/C=C/c2sc3ccccc3[n+]2CCCCCCn2cc(CN)nn2)cc1. The van der Waals surface area contributed by atoms with Crippen molar-refractivity contribution in [1.29, 1.82) is 0 Å². The molecule has 2 heterocycles. The number of nitrogens with two attached hydrogens (primary N) is 1. The predicted octanol–water partition coefficient (Wildman–Crippen LogP) is 4.74. The van der Waals surface area contributed by atoms with Crippen molar-refractivity contribution in [2.75, 3.05) is 19.0 Å². The number of rotatable bonds is 11. The van der Waals surface area contributed by atoms with Gasteiger partial charge in [0, 0.05) is 57.6 Å². The Labute approximate surface area is 200 Å². The van der Waals surface area contributed by atoms with E-state index >= 15 is 0 Å². The van der Waals surface area contributed by atoms with Crippen molar-refractivity contribution < 1.29 is 4.57 Å². The van der Waals surface area contributed by atoms with Crippen LogP contribution >= 0.6 is 11.3 Å². The van der Waals surface area contributed by atoms with Gasteiger partial charge in [0.1, 0.15) is 4.70 Å². The van der Waals surface area contributed by atoms with E-state index in [2.05, 4.69) is 94.6 Å². The number of unbranched alkanes of at least 4 members (excludes halogenated alkanes) is 3. The first-order valence-electron chi connectivity index (χ1n) is 11.6. The lowest BCUT2D eigenvalue weighted by Gasteiger charge is -2.11. The highest BCUT2D eigenvalue weighted by atomic mass is 32.1. The summed E-state index contributed by atoms with van der Waals surface area (Å²) < 4.78 is 5.70. The molecule has 0 unspecified atom stereocenters. The normalized spacial score (nSPS) is 11.6. The minimum atomic E-state index is 0.448. The van der Waals surface area contributed by atoms with Gasteiger partial charge in [-0.25, -0.2) is 0 Å². The van der Waals surface area contributed by atoms with Crippen LogP contribution in [0.3, 0.4) is 0 Å². The summed E-state index contributed by atoms with van der Waals surface area (Å²) in [5.41, 5.74) is 10.2. The fourth-order valence-electron chi connectivity index (χ4n) is 3.90. The summed E-state index contributed by atoms with van der Waals surface area (Å²) in [5, 5.41) is 9.47. The summed E-state index contributed by atoms with van der Waals surface area (Å²) in [6.07, 6.45) is 11.1. The maximum Gasteiger partial charge on any atom is 0.262 e. The van der Waals surface area contributed by atoms with E-state index in [4.69, 9.17) is 5.73 Å². The molecule has 0 fully saturated rings. The van der Waals surface area contributed by atoms with Crippen molar-refractivity contribution >= 4 is 39.4 Å². The lowest BCUT2D eigenvalue weighted by Crippen LogP contribution is -2.34. The number of aryl methyl sites for hydroxylation is 2. The van der Waals surface area contributed by atoms with Gasteiger partial charge in [-0.15, -0.1) is 5.10 Å². The molecule has 0 aliphatic heterocycles. The first-order chi connectivity index (χ1) is 16.1. The van der Waals surface area contributed by atoms with Gasteiger partial charge < -0.3 is 10.6 Å². The standard InChI is InChI=1S/C26H33N6S/c1-30(2)23-14-11-21(12-15-23)13-16-26-32(24-9-5-6-10-25(24)33-26)18-8-4-3-7-17-31-20-22(19-27)28-29-31/h5-6,9-16,20H,3-4,7-8,17-19,27H2,1-2H3/q+1. The molecule has 0 bridgehead atoms. The number of para-hydroxylation sites is 1. The number of thiazole rings is 1. The molecular weight excluding hydrogens is 428 g/mol. The van der Waals surface area contributed by atoms with Crippen LogP contribution in [0.5, 0.6) is 0 Å². The number of hydrogen-bond donors (Lipinski definition) is 1. The van der Waals surface area contributed by atoms with Crippen molar-refractivity contribution in [3.05, 3.63) is 71.0 Å². The molecule has 0 saturated heterocycles. The molecule has 2 N–H and O–H groups in total. The van der Waals surface area contributed by atoms with Gasteiger partial charge in [-0.05, 0) is 42.7 Å². The highest BCUT2D eigenvalue weighted by Gasteiger charge is 2.17. The van der Waals surface area contributed by atoms with E-state index in [1.54, 1.807) is 0 Å². The van der Waals surface area contributed by atoms with Gasteiger partial charge in [0.25, 0.3) is 5.01 Å². The van der Waals surface area contributed by atoms with Crippen LogP contribution in [0, 0.1) is 0 Å². The molecule has 4 aromatic rings. The first-order valence-corrected chi connectivity index (χ1v) is 12.4. The molecule has 33 heavy (non-hydrogen) atoms. The maximum absolute atomic E-state index is 5.60. The summed E-state index contributed by atoms with van der Waals surface area (Å²) in [6.45, 7) is 2.38. The van der Waals surface area contributed by atoms with E-state index < -0.39 is 0 Å². The molecule has 2 aromatic heterocycles. The monoisotopic (exact) mass is 461 g/mol. The Balaban J connectivity index is 1.36. The van der Waals surface area contributed by atoms with Crippen LogP contribution in [0.2, 0.25) is 0 Å². The molecule has 0 radical (unpaired) electrons. The Hall–Kier alpha value is -3.03. The number of aromatic nitrogens is 4. The van der Waals surface area contributed by atoms with Crippen LogP contribution < -0.4 is 15.2 Å². The van der Waals surface area contributed by atoms with Gasteiger partial charge >= 0.3 is 0 Å².